The molecule has 2 aromatic carbocycles. The molecule has 0 aliphatic carbocycles. The number of anilines is 1. The van der Waals surface area contributed by atoms with Crippen molar-refractivity contribution in [3.05, 3.63) is 71.7 Å². The van der Waals surface area contributed by atoms with Crippen LogP contribution in [0.5, 0.6) is 11.6 Å². The molecule has 6 nitrogen and oxygen atoms in total. The molecule has 1 atom stereocenters. The Morgan fingerprint density at radius 2 is 1.81 bits per heavy atom. The van der Waals surface area contributed by atoms with Crippen LogP contribution in [0, 0.1) is 5.82 Å². The number of hydrogen-bond acceptors (Lipinski definition) is 7. The molecule has 1 aliphatic rings. The molecule has 1 unspecified atom stereocenters. The first-order valence-electron chi connectivity index (χ1n) is 10.2. The third-order valence-corrected chi connectivity index (χ3v) is 6.50. The van der Waals surface area contributed by atoms with E-state index in [0.29, 0.717) is 11.6 Å². The van der Waals surface area contributed by atoms with Gasteiger partial charge in [0.2, 0.25) is 5.88 Å². The molecule has 1 saturated heterocycles. The molecule has 2 aromatic heterocycles. The van der Waals surface area contributed by atoms with Crippen LogP contribution in [-0.4, -0.2) is 46.0 Å². The fourth-order valence-electron chi connectivity index (χ4n) is 3.90. The third-order valence-electron chi connectivity index (χ3n) is 5.70. The lowest BCUT2D eigenvalue weighted by Gasteiger charge is -2.38. The smallest absolute Gasteiger partial charge is 0.224 e. The Kier molecular flexibility index (Phi) is 5.48. The molecular weight excluding hydrogens is 413 g/mol. The Labute approximate surface area is 184 Å². The van der Waals surface area contributed by atoms with Crippen molar-refractivity contribution in [2.75, 3.05) is 31.1 Å². The molecule has 158 valence electrons. The van der Waals surface area contributed by atoms with E-state index in [-0.39, 0.29) is 11.9 Å². The van der Waals surface area contributed by atoms with Crippen molar-refractivity contribution in [1.29, 1.82) is 0 Å². The van der Waals surface area contributed by atoms with Crippen LogP contribution in [0.1, 0.15) is 18.5 Å². The maximum atomic E-state index is 13.2. The SMILES string of the molecule is CC(c1ccc(F)cc1)N1CCN(c2cc(Oc3cccc4scnc34)ncn2)CC1. The second-order valence-corrected chi connectivity index (χ2v) is 8.41. The number of halogens is 1. The van der Waals surface area contributed by atoms with Crippen LogP contribution in [0.3, 0.4) is 0 Å². The average molecular weight is 436 g/mol. The number of aromatic nitrogens is 3. The van der Waals surface area contributed by atoms with Crippen molar-refractivity contribution in [3.63, 3.8) is 0 Å². The van der Waals surface area contributed by atoms with Gasteiger partial charge in [0.15, 0.2) is 5.75 Å². The van der Waals surface area contributed by atoms with Gasteiger partial charge in [-0.1, -0.05) is 18.2 Å². The van der Waals surface area contributed by atoms with E-state index >= 15 is 0 Å². The van der Waals surface area contributed by atoms with Gasteiger partial charge in [-0.2, -0.15) is 0 Å². The molecule has 0 radical (unpaired) electrons. The van der Waals surface area contributed by atoms with Gasteiger partial charge in [0.25, 0.3) is 0 Å². The Hall–Kier alpha value is -3.10. The fourth-order valence-corrected chi connectivity index (χ4v) is 4.60. The van der Waals surface area contributed by atoms with Gasteiger partial charge in [-0.05, 0) is 36.8 Å². The van der Waals surface area contributed by atoms with Crippen LogP contribution in [-0.2, 0) is 0 Å². The van der Waals surface area contributed by atoms with E-state index < -0.39 is 0 Å². The zero-order valence-electron chi connectivity index (χ0n) is 17.1. The molecule has 5 rings (SSSR count). The van der Waals surface area contributed by atoms with Crippen LogP contribution in [0.4, 0.5) is 10.2 Å². The van der Waals surface area contributed by atoms with Gasteiger partial charge in [0.1, 0.15) is 23.5 Å². The van der Waals surface area contributed by atoms with Crippen LogP contribution >= 0.6 is 11.3 Å². The van der Waals surface area contributed by atoms with Gasteiger partial charge in [0.05, 0.1) is 10.2 Å². The molecule has 0 spiro atoms. The summed E-state index contributed by atoms with van der Waals surface area (Å²) in [4.78, 5) is 17.8. The molecule has 3 heterocycles. The average Bonchev–Trinajstić information content (AvgIpc) is 3.30. The van der Waals surface area contributed by atoms with Crippen LogP contribution < -0.4 is 9.64 Å². The second-order valence-electron chi connectivity index (χ2n) is 7.52. The van der Waals surface area contributed by atoms with Crippen molar-refractivity contribution < 1.29 is 9.13 Å². The van der Waals surface area contributed by atoms with Crippen molar-refractivity contribution in [1.82, 2.24) is 19.9 Å². The number of para-hydroxylation sites is 1. The first-order valence-corrected chi connectivity index (χ1v) is 11.1. The second kappa shape index (κ2) is 8.56. The lowest BCUT2D eigenvalue weighted by Crippen LogP contribution is -2.47. The van der Waals surface area contributed by atoms with Crippen molar-refractivity contribution >= 4 is 27.4 Å². The number of rotatable bonds is 5. The standard InChI is InChI=1S/C23H22FN5OS/c1-16(17-5-7-18(24)8-6-17)28-9-11-29(12-10-28)21-13-22(26-14-25-21)30-19-3-2-4-20-23(19)27-15-31-20/h2-8,13-16H,9-12H2,1H3. The van der Waals surface area contributed by atoms with E-state index in [4.69, 9.17) is 4.74 Å². The van der Waals surface area contributed by atoms with E-state index in [9.17, 15) is 4.39 Å². The summed E-state index contributed by atoms with van der Waals surface area (Å²) in [5.74, 6) is 1.85. The summed E-state index contributed by atoms with van der Waals surface area (Å²) < 4.78 is 20.3. The number of hydrogen-bond donors (Lipinski definition) is 0. The number of benzene rings is 2. The monoisotopic (exact) mass is 435 g/mol. The summed E-state index contributed by atoms with van der Waals surface area (Å²) in [5.41, 5.74) is 3.79. The molecule has 1 fully saturated rings. The highest BCUT2D eigenvalue weighted by Crippen LogP contribution is 2.31. The zero-order chi connectivity index (χ0) is 21.2. The normalized spacial score (nSPS) is 15.9. The molecule has 0 N–H and O–H groups in total. The summed E-state index contributed by atoms with van der Waals surface area (Å²) in [7, 11) is 0. The maximum absolute atomic E-state index is 13.2. The van der Waals surface area contributed by atoms with Gasteiger partial charge in [-0.25, -0.2) is 19.3 Å². The molecule has 0 amide bonds. The molecule has 0 saturated carbocycles. The highest BCUT2D eigenvalue weighted by atomic mass is 32.1. The number of ether oxygens (including phenoxy) is 1. The third kappa shape index (κ3) is 4.22. The molecule has 1 aliphatic heterocycles. The van der Waals surface area contributed by atoms with Gasteiger partial charge >= 0.3 is 0 Å². The fraction of sp³-hybridized carbons (Fsp3) is 0.261. The Morgan fingerprint density at radius 1 is 1.00 bits per heavy atom. The largest absolute Gasteiger partial charge is 0.437 e. The van der Waals surface area contributed by atoms with Crippen molar-refractivity contribution in [2.45, 2.75) is 13.0 Å². The highest BCUT2D eigenvalue weighted by molar-refractivity contribution is 7.16. The summed E-state index contributed by atoms with van der Waals surface area (Å²) in [5, 5.41) is 0. The molecule has 0 bridgehead atoms. The summed E-state index contributed by atoms with van der Waals surface area (Å²) in [6.07, 6.45) is 1.54. The molecular formula is C23H22FN5OS. The maximum Gasteiger partial charge on any atom is 0.224 e. The number of thiazole rings is 1. The minimum Gasteiger partial charge on any atom is -0.437 e. The Morgan fingerprint density at radius 3 is 2.61 bits per heavy atom. The lowest BCUT2D eigenvalue weighted by atomic mass is 10.1. The Balaban J connectivity index is 1.26. The predicted molar refractivity (Wildman–Crippen MR) is 120 cm³/mol. The van der Waals surface area contributed by atoms with E-state index in [1.165, 1.54) is 12.1 Å². The quantitative estimate of drug-likeness (QED) is 0.444. The Bertz CT molecular complexity index is 1170. The van der Waals surface area contributed by atoms with Gasteiger partial charge in [-0.15, -0.1) is 11.3 Å². The number of nitrogens with zero attached hydrogens (tertiary/aromatic N) is 5. The molecule has 4 aromatic rings. The van der Waals surface area contributed by atoms with E-state index in [2.05, 4.69) is 31.7 Å². The minimum absolute atomic E-state index is 0.200. The van der Waals surface area contributed by atoms with Gasteiger partial charge in [0, 0.05) is 38.3 Å². The van der Waals surface area contributed by atoms with Crippen LogP contribution in [0.2, 0.25) is 0 Å². The van der Waals surface area contributed by atoms with Crippen molar-refractivity contribution in [2.24, 2.45) is 0 Å². The van der Waals surface area contributed by atoms with E-state index in [1.54, 1.807) is 17.7 Å². The van der Waals surface area contributed by atoms with E-state index in [1.807, 2.05) is 41.9 Å². The lowest BCUT2D eigenvalue weighted by molar-refractivity contribution is 0.198. The minimum atomic E-state index is -0.200. The summed E-state index contributed by atoms with van der Waals surface area (Å²) in [6, 6.07) is 14.8. The topological polar surface area (TPSA) is 54.4 Å². The molecule has 31 heavy (non-hydrogen) atoms. The van der Waals surface area contributed by atoms with Gasteiger partial charge < -0.3 is 9.64 Å². The van der Waals surface area contributed by atoms with Gasteiger partial charge in [-0.3, -0.25) is 4.90 Å². The van der Waals surface area contributed by atoms with Crippen LogP contribution in [0.15, 0.2) is 60.4 Å². The summed E-state index contributed by atoms with van der Waals surface area (Å²) >= 11 is 1.58. The first-order chi connectivity index (χ1) is 15.2. The zero-order valence-corrected chi connectivity index (χ0v) is 17.9. The molecule has 8 heteroatoms. The van der Waals surface area contributed by atoms with E-state index in [0.717, 1.165) is 47.8 Å². The number of piperazine rings is 1. The van der Waals surface area contributed by atoms with Crippen molar-refractivity contribution in [3.8, 4) is 11.6 Å². The first kappa shape index (κ1) is 19.8. The summed E-state index contributed by atoms with van der Waals surface area (Å²) in [6.45, 7) is 5.67. The predicted octanol–water partition coefficient (Wildman–Crippen LogP) is 4.90. The highest BCUT2D eigenvalue weighted by Gasteiger charge is 2.23. The number of fused-ring (bicyclic) bond motifs is 1. The van der Waals surface area contributed by atoms with Crippen LogP contribution in [0.25, 0.3) is 10.2 Å².